The van der Waals surface area contributed by atoms with E-state index in [0.29, 0.717) is 5.75 Å². The molecule has 1 unspecified atom stereocenters. The molecule has 0 saturated carbocycles. The second kappa shape index (κ2) is 8.27. The molecule has 4 rings (SSSR count). The van der Waals surface area contributed by atoms with Crippen LogP contribution in [-0.2, 0) is 11.2 Å². The van der Waals surface area contributed by atoms with Crippen LogP contribution in [0.1, 0.15) is 36.2 Å². The zero-order valence-corrected chi connectivity index (χ0v) is 16.9. The summed E-state index contributed by atoms with van der Waals surface area (Å²) in [5, 5.41) is 11.2. The van der Waals surface area contributed by atoms with Gasteiger partial charge in [0.2, 0.25) is 5.91 Å². The fourth-order valence-electron chi connectivity index (χ4n) is 3.58. The molecule has 5 nitrogen and oxygen atoms in total. The second-order valence-electron chi connectivity index (χ2n) is 6.52. The quantitative estimate of drug-likeness (QED) is 0.580. The Morgan fingerprint density at radius 3 is 3.00 bits per heavy atom. The van der Waals surface area contributed by atoms with E-state index in [1.807, 2.05) is 21.6 Å². The van der Waals surface area contributed by atoms with Gasteiger partial charge in [0.1, 0.15) is 6.33 Å². The normalized spacial score (nSPS) is 16.8. The van der Waals surface area contributed by atoms with Crippen molar-refractivity contribution in [1.82, 2.24) is 19.7 Å². The average molecular weight is 399 g/mol. The number of hydrogen-bond donors (Lipinski definition) is 0. The summed E-state index contributed by atoms with van der Waals surface area (Å²) in [5.41, 5.74) is 2.32. The smallest absolute Gasteiger partial charge is 0.233 e. The lowest BCUT2D eigenvalue weighted by atomic mass is 10.1. The highest BCUT2D eigenvalue weighted by Gasteiger charge is 2.30. The lowest BCUT2D eigenvalue weighted by Gasteiger charge is -2.23. The maximum absolute atomic E-state index is 12.9. The van der Waals surface area contributed by atoms with Crippen LogP contribution in [0, 0.1) is 0 Å². The second-order valence-corrected chi connectivity index (χ2v) is 8.44. The topological polar surface area (TPSA) is 51.0 Å². The number of thiophene rings is 1. The molecular formula is C20H22N4OS2. The minimum absolute atomic E-state index is 0.175. The van der Waals surface area contributed by atoms with Crippen LogP contribution in [0.4, 0.5) is 0 Å². The number of aryl methyl sites for hydroxylation is 1. The summed E-state index contributed by atoms with van der Waals surface area (Å²) in [6, 6.07) is 12.7. The average Bonchev–Trinajstić information content (AvgIpc) is 3.46. The molecule has 140 valence electrons. The number of carbonyl (C=O) groups is 1. The van der Waals surface area contributed by atoms with Crippen LogP contribution in [-0.4, -0.2) is 37.9 Å². The molecule has 0 aliphatic carbocycles. The van der Waals surface area contributed by atoms with Crippen LogP contribution >= 0.6 is 23.1 Å². The van der Waals surface area contributed by atoms with Gasteiger partial charge in [-0.15, -0.1) is 21.5 Å². The van der Waals surface area contributed by atoms with Crippen molar-refractivity contribution in [3.05, 3.63) is 58.5 Å². The SMILES string of the molecule is CCc1ccccc1-n1cnnc1SCC(=O)N1CCCC1c1cccs1. The number of amides is 1. The third-order valence-electron chi connectivity index (χ3n) is 4.92. The number of benzene rings is 1. The Morgan fingerprint density at radius 2 is 2.19 bits per heavy atom. The molecule has 1 amide bonds. The van der Waals surface area contributed by atoms with Crippen LogP contribution in [0.25, 0.3) is 5.69 Å². The fourth-order valence-corrected chi connectivity index (χ4v) is 5.27. The van der Waals surface area contributed by atoms with Crippen molar-refractivity contribution in [1.29, 1.82) is 0 Å². The van der Waals surface area contributed by atoms with Crippen molar-refractivity contribution in [3.63, 3.8) is 0 Å². The molecule has 1 aromatic carbocycles. The van der Waals surface area contributed by atoms with Gasteiger partial charge in [-0.05, 0) is 42.3 Å². The van der Waals surface area contributed by atoms with Crippen molar-refractivity contribution in [3.8, 4) is 5.69 Å². The standard InChI is InChI=1S/C20H22N4OS2/c1-2-15-7-3-4-8-16(15)24-14-21-22-20(24)27-13-19(25)23-11-5-9-17(23)18-10-6-12-26-18/h3-4,6-8,10,12,14,17H,2,5,9,11,13H2,1H3. The van der Waals surface area contributed by atoms with Crippen LogP contribution in [0.15, 0.2) is 53.3 Å². The Kier molecular flexibility index (Phi) is 5.59. The van der Waals surface area contributed by atoms with E-state index in [1.54, 1.807) is 17.7 Å². The van der Waals surface area contributed by atoms with Gasteiger partial charge in [-0.25, -0.2) is 0 Å². The first-order valence-electron chi connectivity index (χ1n) is 9.22. The molecule has 7 heteroatoms. The number of hydrogen-bond acceptors (Lipinski definition) is 5. The first kappa shape index (κ1) is 18.3. The number of likely N-dealkylation sites (tertiary alicyclic amines) is 1. The van der Waals surface area contributed by atoms with Crippen molar-refractivity contribution in [2.24, 2.45) is 0 Å². The molecule has 1 aliphatic heterocycles. The molecule has 3 aromatic rings. The summed E-state index contributed by atoms with van der Waals surface area (Å²) >= 11 is 3.20. The Morgan fingerprint density at radius 1 is 1.30 bits per heavy atom. The predicted octanol–water partition coefficient (Wildman–Crippen LogP) is 4.35. The van der Waals surface area contributed by atoms with E-state index in [4.69, 9.17) is 0 Å². The number of rotatable bonds is 6. The minimum atomic E-state index is 0.175. The highest BCUT2D eigenvalue weighted by atomic mass is 32.2. The minimum Gasteiger partial charge on any atom is -0.334 e. The van der Waals surface area contributed by atoms with E-state index in [0.717, 1.165) is 36.7 Å². The van der Waals surface area contributed by atoms with Gasteiger partial charge >= 0.3 is 0 Å². The van der Waals surface area contributed by atoms with Gasteiger partial charge in [0.05, 0.1) is 17.5 Å². The van der Waals surface area contributed by atoms with Crippen molar-refractivity contribution >= 4 is 29.0 Å². The predicted molar refractivity (Wildman–Crippen MR) is 109 cm³/mol. The molecule has 0 radical (unpaired) electrons. The van der Waals surface area contributed by atoms with Crippen LogP contribution in [0.2, 0.25) is 0 Å². The summed E-state index contributed by atoms with van der Waals surface area (Å²) in [6.07, 6.45) is 4.79. The fraction of sp³-hybridized carbons (Fsp3) is 0.350. The summed E-state index contributed by atoms with van der Waals surface area (Å²) in [4.78, 5) is 16.2. The Hall–Kier alpha value is -2.12. The van der Waals surface area contributed by atoms with E-state index in [2.05, 4.69) is 46.8 Å². The molecule has 2 aromatic heterocycles. The maximum atomic E-state index is 12.9. The Balaban J connectivity index is 1.47. The van der Waals surface area contributed by atoms with Gasteiger partial charge in [-0.3, -0.25) is 9.36 Å². The van der Waals surface area contributed by atoms with Crippen LogP contribution in [0.3, 0.4) is 0 Å². The largest absolute Gasteiger partial charge is 0.334 e. The van der Waals surface area contributed by atoms with E-state index in [-0.39, 0.29) is 11.9 Å². The molecule has 1 fully saturated rings. The third-order valence-corrected chi connectivity index (χ3v) is 6.82. The molecule has 0 bridgehead atoms. The lowest BCUT2D eigenvalue weighted by Crippen LogP contribution is -2.31. The van der Waals surface area contributed by atoms with Gasteiger partial charge in [0, 0.05) is 11.4 Å². The van der Waals surface area contributed by atoms with E-state index >= 15 is 0 Å². The van der Waals surface area contributed by atoms with Gasteiger partial charge in [0.15, 0.2) is 5.16 Å². The molecule has 1 aliphatic rings. The first-order valence-corrected chi connectivity index (χ1v) is 11.1. The zero-order valence-electron chi connectivity index (χ0n) is 15.2. The molecule has 0 N–H and O–H groups in total. The van der Waals surface area contributed by atoms with Gasteiger partial charge in [-0.1, -0.05) is 43.0 Å². The molecule has 3 heterocycles. The summed E-state index contributed by atoms with van der Waals surface area (Å²) in [5.74, 6) is 0.559. The summed E-state index contributed by atoms with van der Waals surface area (Å²) in [6.45, 7) is 2.98. The monoisotopic (exact) mass is 398 g/mol. The van der Waals surface area contributed by atoms with E-state index in [9.17, 15) is 4.79 Å². The number of thioether (sulfide) groups is 1. The number of para-hydroxylation sites is 1. The molecule has 0 spiro atoms. The molecular weight excluding hydrogens is 376 g/mol. The van der Waals surface area contributed by atoms with Crippen molar-refractivity contribution < 1.29 is 4.79 Å². The molecule has 1 atom stereocenters. The van der Waals surface area contributed by atoms with Crippen LogP contribution in [0.5, 0.6) is 0 Å². The number of nitrogens with zero attached hydrogens (tertiary/aromatic N) is 4. The Labute approximate surface area is 167 Å². The lowest BCUT2D eigenvalue weighted by molar-refractivity contribution is -0.129. The van der Waals surface area contributed by atoms with Crippen molar-refractivity contribution in [2.45, 2.75) is 37.4 Å². The Bertz CT molecular complexity index is 906. The van der Waals surface area contributed by atoms with Gasteiger partial charge in [0.25, 0.3) is 0 Å². The number of aromatic nitrogens is 3. The van der Waals surface area contributed by atoms with E-state index in [1.165, 1.54) is 22.2 Å². The highest BCUT2D eigenvalue weighted by Crippen LogP contribution is 2.35. The number of carbonyl (C=O) groups excluding carboxylic acids is 1. The van der Waals surface area contributed by atoms with Crippen LogP contribution < -0.4 is 0 Å². The highest BCUT2D eigenvalue weighted by molar-refractivity contribution is 7.99. The molecule has 1 saturated heterocycles. The van der Waals surface area contributed by atoms with Gasteiger partial charge in [-0.2, -0.15) is 0 Å². The van der Waals surface area contributed by atoms with Crippen molar-refractivity contribution in [2.75, 3.05) is 12.3 Å². The zero-order chi connectivity index (χ0) is 18.6. The molecule has 27 heavy (non-hydrogen) atoms. The third kappa shape index (κ3) is 3.80. The van der Waals surface area contributed by atoms with E-state index < -0.39 is 0 Å². The summed E-state index contributed by atoms with van der Waals surface area (Å²) < 4.78 is 1.98. The first-order chi connectivity index (χ1) is 13.3. The maximum Gasteiger partial charge on any atom is 0.233 e. The van der Waals surface area contributed by atoms with Gasteiger partial charge < -0.3 is 4.90 Å². The summed E-state index contributed by atoms with van der Waals surface area (Å²) in [7, 11) is 0.